The highest BCUT2D eigenvalue weighted by Gasteiger charge is 2.25. The molecule has 6 nitrogen and oxygen atoms in total. The lowest BCUT2D eigenvalue weighted by Crippen LogP contribution is -2.48. The van der Waals surface area contributed by atoms with Crippen LogP contribution in [0.15, 0.2) is 29.2 Å². The minimum Gasteiger partial charge on any atom is -0.345 e. The number of nitrogens with zero attached hydrogens (tertiary/aromatic N) is 5. The van der Waals surface area contributed by atoms with Crippen LogP contribution in [0.5, 0.6) is 0 Å². The molecule has 4 rings (SSSR count). The predicted octanol–water partition coefficient (Wildman–Crippen LogP) is 3.51. The molecule has 0 radical (unpaired) electrons. The van der Waals surface area contributed by atoms with E-state index in [9.17, 15) is 4.79 Å². The van der Waals surface area contributed by atoms with Crippen molar-refractivity contribution in [1.29, 1.82) is 0 Å². The number of amides is 1. The van der Waals surface area contributed by atoms with E-state index in [1.165, 1.54) is 9.60 Å². The van der Waals surface area contributed by atoms with Crippen molar-refractivity contribution in [3.05, 3.63) is 35.7 Å². The van der Waals surface area contributed by atoms with E-state index >= 15 is 0 Å². The van der Waals surface area contributed by atoms with E-state index in [1.54, 1.807) is 23.1 Å². The van der Waals surface area contributed by atoms with Gasteiger partial charge in [0.25, 0.3) is 5.91 Å². The van der Waals surface area contributed by atoms with Gasteiger partial charge in [-0.15, -0.1) is 11.8 Å². The summed E-state index contributed by atoms with van der Waals surface area (Å²) < 4.78 is 3.09. The first-order chi connectivity index (χ1) is 13.1. The molecule has 8 heteroatoms. The summed E-state index contributed by atoms with van der Waals surface area (Å²) >= 11 is 3.48. The number of hydrogen-bond acceptors (Lipinski definition) is 6. The molecule has 27 heavy (non-hydrogen) atoms. The molecule has 0 atom stereocenters. The summed E-state index contributed by atoms with van der Waals surface area (Å²) in [6.45, 7) is 7.80. The quantitative estimate of drug-likeness (QED) is 0.626. The molecule has 0 bridgehead atoms. The fourth-order valence-electron chi connectivity index (χ4n) is 3.35. The molecular formula is C19H23N5OS2. The second-order valence-corrected chi connectivity index (χ2v) is 8.48. The second-order valence-electron chi connectivity index (χ2n) is 6.60. The number of aryl methyl sites for hydroxylation is 2. The van der Waals surface area contributed by atoms with E-state index in [-0.39, 0.29) is 5.91 Å². The summed E-state index contributed by atoms with van der Waals surface area (Å²) in [5.74, 6) is 0.0267. The molecule has 1 amide bonds. The lowest BCUT2D eigenvalue weighted by Gasteiger charge is -2.34. The van der Waals surface area contributed by atoms with Gasteiger partial charge in [0.2, 0.25) is 0 Å². The van der Waals surface area contributed by atoms with Gasteiger partial charge in [-0.3, -0.25) is 9.48 Å². The SMILES string of the molecule is CCn1nc(C(=O)N2CCN(c3nc4ccc(SC)cc4s3)CC2)cc1C. The maximum atomic E-state index is 12.8. The van der Waals surface area contributed by atoms with Crippen LogP contribution in [0.3, 0.4) is 0 Å². The first kappa shape index (κ1) is 18.3. The Morgan fingerprint density at radius 2 is 2.00 bits per heavy atom. The van der Waals surface area contributed by atoms with Gasteiger partial charge < -0.3 is 9.80 Å². The fraction of sp³-hybridized carbons (Fsp3) is 0.421. The number of anilines is 1. The largest absolute Gasteiger partial charge is 0.345 e. The van der Waals surface area contributed by atoms with Crippen molar-refractivity contribution in [2.45, 2.75) is 25.3 Å². The molecule has 0 spiro atoms. The number of carbonyl (C=O) groups is 1. The first-order valence-corrected chi connectivity index (χ1v) is 11.2. The van der Waals surface area contributed by atoms with Crippen LogP contribution in [0.4, 0.5) is 5.13 Å². The van der Waals surface area contributed by atoms with Crippen molar-refractivity contribution in [3.63, 3.8) is 0 Å². The standard InChI is InChI=1S/C19H23N5OS2/c1-4-24-13(2)11-16(21-24)18(25)22-7-9-23(10-8-22)19-20-15-6-5-14(26-3)12-17(15)27-19/h5-6,11-12H,4,7-10H2,1-3H3. The minimum atomic E-state index is 0.0267. The third-order valence-corrected chi connectivity index (χ3v) is 6.73. The topological polar surface area (TPSA) is 54.3 Å². The Bertz CT molecular complexity index is 972. The van der Waals surface area contributed by atoms with Crippen LogP contribution < -0.4 is 4.90 Å². The highest BCUT2D eigenvalue weighted by Crippen LogP contribution is 2.32. The van der Waals surface area contributed by atoms with Crippen molar-refractivity contribution < 1.29 is 4.79 Å². The van der Waals surface area contributed by atoms with E-state index in [4.69, 9.17) is 4.98 Å². The zero-order valence-electron chi connectivity index (χ0n) is 15.8. The van der Waals surface area contributed by atoms with Gasteiger partial charge in [0.15, 0.2) is 10.8 Å². The maximum Gasteiger partial charge on any atom is 0.274 e. The van der Waals surface area contributed by atoms with Gasteiger partial charge >= 0.3 is 0 Å². The van der Waals surface area contributed by atoms with Gasteiger partial charge in [-0.05, 0) is 44.4 Å². The number of hydrogen-bond donors (Lipinski definition) is 0. The monoisotopic (exact) mass is 401 g/mol. The van der Waals surface area contributed by atoms with Crippen molar-refractivity contribution >= 4 is 44.4 Å². The van der Waals surface area contributed by atoms with Crippen LogP contribution in [-0.2, 0) is 6.54 Å². The second kappa shape index (κ2) is 7.52. The zero-order chi connectivity index (χ0) is 19.0. The number of carbonyl (C=O) groups excluding carboxylic acids is 1. The third-order valence-electron chi connectivity index (χ3n) is 4.92. The lowest BCUT2D eigenvalue weighted by atomic mass is 10.2. The Morgan fingerprint density at radius 1 is 1.22 bits per heavy atom. The molecule has 0 N–H and O–H groups in total. The summed E-state index contributed by atoms with van der Waals surface area (Å²) in [5, 5.41) is 5.47. The number of fused-ring (bicyclic) bond motifs is 1. The zero-order valence-corrected chi connectivity index (χ0v) is 17.4. The van der Waals surface area contributed by atoms with Crippen LogP contribution in [0, 0.1) is 6.92 Å². The highest BCUT2D eigenvalue weighted by atomic mass is 32.2. The Morgan fingerprint density at radius 3 is 2.67 bits per heavy atom. The molecule has 0 unspecified atom stereocenters. The molecule has 1 fully saturated rings. The first-order valence-electron chi connectivity index (χ1n) is 9.12. The van der Waals surface area contributed by atoms with Gasteiger partial charge in [0, 0.05) is 43.3 Å². The van der Waals surface area contributed by atoms with Crippen molar-refractivity contribution in [2.24, 2.45) is 0 Å². The molecule has 1 saturated heterocycles. The Kier molecular flexibility index (Phi) is 5.10. The molecule has 1 aliphatic heterocycles. The molecule has 0 saturated carbocycles. The number of thiazole rings is 1. The number of rotatable bonds is 4. The number of piperazine rings is 1. The Labute approximate surface area is 167 Å². The molecule has 142 valence electrons. The van der Waals surface area contributed by atoms with Crippen LogP contribution in [0.1, 0.15) is 23.1 Å². The normalized spacial score (nSPS) is 14.9. The van der Waals surface area contributed by atoms with E-state index < -0.39 is 0 Å². The maximum absolute atomic E-state index is 12.8. The lowest BCUT2D eigenvalue weighted by molar-refractivity contribution is 0.0740. The molecule has 0 aliphatic carbocycles. The van der Waals surface area contributed by atoms with Gasteiger partial charge in [0.1, 0.15) is 0 Å². The number of aromatic nitrogens is 3. The Hall–Kier alpha value is -2.06. The summed E-state index contributed by atoms with van der Waals surface area (Å²) in [5.41, 5.74) is 2.62. The van der Waals surface area contributed by atoms with E-state index in [1.807, 2.05) is 29.5 Å². The molecule has 2 aromatic heterocycles. The van der Waals surface area contributed by atoms with Gasteiger partial charge in [-0.1, -0.05) is 11.3 Å². The average molecular weight is 402 g/mol. The molecule has 3 heterocycles. The summed E-state index contributed by atoms with van der Waals surface area (Å²) in [6.07, 6.45) is 2.09. The minimum absolute atomic E-state index is 0.0267. The highest BCUT2D eigenvalue weighted by molar-refractivity contribution is 7.98. The van der Waals surface area contributed by atoms with Crippen LogP contribution >= 0.6 is 23.1 Å². The molecule has 3 aromatic rings. The molecular weight excluding hydrogens is 378 g/mol. The van der Waals surface area contributed by atoms with Gasteiger partial charge in [-0.25, -0.2) is 4.98 Å². The van der Waals surface area contributed by atoms with Gasteiger partial charge in [-0.2, -0.15) is 5.10 Å². The smallest absolute Gasteiger partial charge is 0.274 e. The van der Waals surface area contributed by atoms with E-state index in [2.05, 4.69) is 34.5 Å². The van der Waals surface area contributed by atoms with Crippen molar-refractivity contribution in [1.82, 2.24) is 19.7 Å². The Balaban J connectivity index is 1.44. The summed E-state index contributed by atoms with van der Waals surface area (Å²) in [4.78, 5) is 23.0. The van der Waals surface area contributed by atoms with E-state index in [0.717, 1.165) is 36.0 Å². The number of thioether (sulfide) groups is 1. The average Bonchev–Trinajstić information content (AvgIpc) is 3.30. The predicted molar refractivity (Wildman–Crippen MR) is 112 cm³/mol. The number of benzene rings is 1. The van der Waals surface area contributed by atoms with Crippen LogP contribution in [0.2, 0.25) is 0 Å². The molecule has 1 aromatic carbocycles. The van der Waals surface area contributed by atoms with Crippen LogP contribution in [0.25, 0.3) is 10.2 Å². The molecule has 1 aliphatic rings. The fourth-order valence-corrected chi connectivity index (χ4v) is 4.92. The summed E-state index contributed by atoms with van der Waals surface area (Å²) in [7, 11) is 0. The van der Waals surface area contributed by atoms with Crippen molar-refractivity contribution in [2.75, 3.05) is 37.3 Å². The van der Waals surface area contributed by atoms with Crippen molar-refractivity contribution in [3.8, 4) is 0 Å². The third kappa shape index (κ3) is 3.55. The van der Waals surface area contributed by atoms with E-state index in [0.29, 0.717) is 18.8 Å². The van der Waals surface area contributed by atoms with Gasteiger partial charge in [0.05, 0.1) is 10.2 Å². The van der Waals surface area contributed by atoms with Crippen LogP contribution in [-0.4, -0.2) is 58.0 Å². The summed E-state index contributed by atoms with van der Waals surface area (Å²) in [6, 6.07) is 8.29.